The molecular formula is C12H17NO3S. The zero-order valence-electron chi connectivity index (χ0n) is 9.97. The van der Waals surface area contributed by atoms with Crippen LogP contribution in [0.5, 0.6) is 0 Å². The van der Waals surface area contributed by atoms with Crippen molar-refractivity contribution in [1.29, 1.82) is 0 Å². The third-order valence-electron chi connectivity index (χ3n) is 3.18. The van der Waals surface area contributed by atoms with E-state index in [-0.39, 0.29) is 11.5 Å². The van der Waals surface area contributed by atoms with Crippen LogP contribution in [0, 0.1) is 13.8 Å². The summed E-state index contributed by atoms with van der Waals surface area (Å²) in [5.41, 5.74) is 3.19. The molecule has 1 heterocycles. The standard InChI is InChI=1S/C12H17NO3S/c1-8-3-4-10(5-9(8)2)13-11-6-17(15,16)7-12(11)14/h3-5,11-14H,6-7H2,1-2H3/t11-,12-/m0/s1. The highest BCUT2D eigenvalue weighted by molar-refractivity contribution is 7.91. The lowest BCUT2D eigenvalue weighted by molar-refractivity contribution is 0.190. The van der Waals surface area contributed by atoms with Crippen LogP contribution in [0.25, 0.3) is 0 Å². The Morgan fingerprint density at radius 1 is 1.24 bits per heavy atom. The lowest BCUT2D eigenvalue weighted by atomic mass is 10.1. The van der Waals surface area contributed by atoms with Crippen LogP contribution in [-0.2, 0) is 9.84 Å². The quantitative estimate of drug-likeness (QED) is 0.823. The topological polar surface area (TPSA) is 66.4 Å². The third kappa shape index (κ3) is 2.79. The molecule has 4 nitrogen and oxygen atoms in total. The van der Waals surface area contributed by atoms with Gasteiger partial charge in [-0.1, -0.05) is 6.07 Å². The minimum atomic E-state index is -3.10. The predicted octanol–water partition coefficient (Wildman–Crippen LogP) is 0.873. The summed E-state index contributed by atoms with van der Waals surface area (Å²) in [6.07, 6.45) is -0.818. The van der Waals surface area contributed by atoms with E-state index in [1.165, 1.54) is 5.56 Å². The number of sulfone groups is 1. The highest BCUT2D eigenvalue weighted by atomic mass is 32.2. The van der Waals surface area contributed by atoms with Crippen molar-refractivity contribution in [1.82, 2.24) is 0 Å². The van der Waals surface area contributed by atoms with Crippen molar-refractivity contribution in [3.63, 3.8) is 0 Å². The molecule has 1 fully saturated rings. The fourth-order valence-electron chi connectivity index (χ4n) is 2.01. The Balaban J connectivity index is 2.14. The largest absolute Gasteiger partial charge is 0.390 e. The molecule has 1 saturated heterocycles. The first-order valence-electron chi connectivity index (χ1n) is 5.60. The number of hydrogen-bond donors (Lipinski definition) is 2. The monoisotopic (exact) mass is 255 g/mol. The van der Waals surface area contributed by atoms with Gasteiger partial charge in [0.05, 0.1) is 23.7 Å². The molecular weight excluding hydrogens is 238 g/mol. The summed E-state index contributed by atoms with van der Waals surface area (Å²) >= 11 is 0. The maximum Gasteiger partial charge on any atom is 0.155 e. The molecule has 0 aromatic heterocycles. The molecule has 0 radical (unpaired) electrons. The van der Waals surface area contributed by atoms with E-state index in [0.717, 1.165) is 11.3 Å². The molecule has 1 aromatic rings. The summed E-state index contributed by atoms with van der Waals surface area (Å²) in [7, 11) is -3.10. The van der Waals surface area contributed by atoms with Gasteiger partial charge in [0.2, 0.25) is 0 Å². The van der Waals surface area contributed by atoms with E-state index in [4.69, 9.17) is 0 Å². The van der Waals surface area contributed by atoms with Crippen molar-refractivity contribution in [3.05, 3.63) is 29.3 Å². The predicted molar refractivity (Wildman–Crippen MR) is 68.0 cm³/mol. The number of hydrogen-bond acceptors (Lipinski definition) is 4. The summed E-state index contributed by atoms with van der Waals surface area (Å²) < 4.78 is 22.7. The Morgan fingerprint density at radius 3 is 2.47 bits per heavy atom. The summed E-state index contributed by atoms with van der Waals surface area (Å²) in [5.74, 6) is -0.142. The van der Waals surface area contributed by atoms with Gasteiger partial charge in [-0.15, -0.1) is 0 Å². The van der Waals surface area contributed by atoms with E-state index in [1.807, 2.05) is 32.0 Å². The average Bonchev–Trinajstić information content (AvgIpc) is 2.46. The maximum absolute atomic E-state index is 11.4. The van der Waals surface area contributed by atoms with E-state index in [2.05, 4.69) is 5.32 Å². The van der Waals surface area contributed by atoms with Crippen molar-refractivity contribution in [3.8, 4) is 0 Å². The van der Waals surface area contributed by atoms with Gasteiger partial charge in [0.1, 0.15) is 0 Å². The van der Waals surface area contributed by atoms with Gasteiger partial charge in [0.15, 0.2) is 9.84 Å². The Hall–Kier alpha value is -1.07. The molecule has 1 aromatic carbocycles. The first-order chi connectivity index (χ1) is 7.87. The second-order valence-electron chi connectivity index (χ2n) is 4.69. The van der Waals surface area contributed by atoms with Crippen molar-refractivity contribution in [2.75, 3.05) is 16.8 Å². The van der Waals surface area contributed by atoms with Crippen LogP contribution in [0.15, 0.2) is 18.2 Å². The van der Waals surface area contributed by atoms with Gasteiger partial charge >= 0.3 is 0 Å². The van der Waals surface area contributed by atoms with Gasteiger partial charge in [-0.05, 0) is 37.1 Å². The second-order valence-corrected chi connectivity index (χ2v) is 6.85. The summed E-state index contributed by atoms with van der Waals surface area (Å²) in [6, 6.07) is 5.45. The van der Waals surface area contributed by atoms with Gasteiger partial charge in [-0.25, -0.2) is 8.42 Å². The molecule has 1 aliphatic rings. The summed E-state index contributed by atoms with van der Waals surface area (Å²) in [4.78, 5) is 0. The zero-order chi connectivity index (χ0) is 12.6. The molecule has 0 saturated carbocycles. The highest BCUT2D eigenvalue weighted by Crippen LogP contribution is 2.20. The lowest BCUT2D eigenvalue weighted by Gasteiger charge is -2.17. The van der Waals surface area contributed by atoms with Gasteiger partial charge < -0.3 is 10.4 Å². The number of aliphatic hydroxyl groups excluding tert-OH is 1. The van der Waals surface area contributed by atoms with E-state index >= 15 is 0 Å². The van der Waals surface area contributed by atoms with Crippen LogP contribution in [-0.4, -0.2) is 37.2 Å². The average molecular weight is 255 g/mol. The molecule has 2 atom stereocenters. The Bertz CT molecular complexity index is 525. The van der Waals surface area contributed by atoms with Gasteiger partial charge in [-0.3, -0.25) is 0 Å². The summed E-state index contributed by atoms with van der Waals surface area (Å²) in [5, 5.41) is 12.8. The van der Waals surface area contributed by atoms with Crippen LogP contribution >= 0.6 is 0 Å². The second kappa shape index (κ2) is 4.31. The molecule has 0 aliphatic carbocycles. The number of aliphatic hydroxyl groups is 1. The molecule has 2 N–H and O–H groups in total. The van der Waals surface area contributed by atoms with Crippen LogP contribution < -0.4 is 5.32 Å². The number of benzene rings is 1. The van der Waals surface area contributed by atoms with Crippen LogP contribution in [0.1, 0.15) is 11.1 Å². The van der Waals surface area contributed by atoms with Crippen LogP contribution in [0.4, 0.5) is 5.69 Å². The number of rotatable bonds is 2. The molecule has 1 aliphatic heterocycles. The first-order valence-corrected chi connectivity index (χ1v) is 7.42. The normalized spacial score (nSPS) is 27.0. The van der Waals surface area contributed by atoms with Gasteiger partial charge in [0, 0.05) is 5.69 Å². The van der Waals surface area contributed by atoms with E-state index in [1.54, 1.807) is 0 Å². The number of aryl methyl sites for hydroxylation is 2. The van der Waals surface area contributed by atoms with Gasteiger partial charge in [0.25, 0.3) is 0 Å². The fourth-order valence-corrected chi connectivity index (χ4v) is 3.75. The van der Waals surface area contributed by atoms with Crippen molar-refractivity contribution >= 4 is 15.5 Å². The maximum atomic E-state index is 11.4. The minimum absolute atomic E-state index is 0.00108. The fraction of sp³-hybridized carbons (Fsp3) is 0.500. The van der Waals surface area contributed by atoms with Crippen molar-refractivity contribution < 1.29 is 13.5 Å². The third-order valence-corrected chi connectivity index (χ3v) is 4.90. The van der Waals surface area contributed by atoms with Crippen LogP contribution in [0.3, 0.4) is 0 Å². The molecule has 0 amide bonds. The minimum Gasteiger partial charge on any atom is -0.390 e. The van der Waals surface area contributed by atoms with Crippen molar-refractivity contribution in [2.24, 2.45) is 0 Å². The molecule has 17 heavy (non-hydrogen) atoms. The van der Waals surface area contributed by atoms with Gasteiger partial charge in [-0.2, -0.15) is 0 Å². The molecule has 94 valence electrons. The Morgan fingerprint density at radius 2 is 1.94 bits per heavy atom. The molecule has 0 spiro atoms. The first kappa shape index (κ1) is 12.4. The lowest BCUT2D eigenvalue weighted by Crippen LogP contribution is -2.31. The smallest absolute Gasteiger partial charge is 0.155 e. The molecule has 0 bridgehead atoms. The van der Waals surface area contributed by atoms with Crippen LogP contribution in [0.2, 0.25) is 0 Å². The Kier molecular flexibility index (Phi) is 3.14. The van der Waals surface area contributed by atoms with E-state index < -0.39 is 22.0 Å². The number of anilines is 1. The van der Waals surface area contributed by atoms with E-state index in [9.17, 15) is 13.5 Å². The van der Waals surface area contributed by atoms with E-state index in [0.29, 0.717) is 0 Å². The number of nitrogens with one attached hydrogen (secondary N) is 1. The SMILES string of the molecule is Cc1ccc(N[C@H]2CS(=O)(=O)C[C@@H]2O)cc1C. The summed E-state index contributed by atoms with van der Waals surface area (Å²) in [6.45, 7) is 4.02. The molecule has 2 rings (SSSR count). The van der Waals surface area contributed by atoms with Crippen molar-refractivity contribution in [2.45, 2.75) is 26.0 Å². The zero-order valence-corrected chi connectivity index (χ0v) is 10.8. The highest BCUT2D eigenvalue weighted by Gasteiger charge is 2.36. The molecule has 5 heteroatoms. The molecule has 0 unspecified atom stereocenters. The Labute approximate surface area is 102 Å².